The van der Waals surface area contributed by atoms with Gasteiger partial charge >= 0.3 is 6.03 Å². The number of rotatable bonds is 3. The number of hydrogen-bond donors (Lipinski definition) is 1. The van der Waals surface area contributed by atoms with Crippen molar-refractivity contribution in [3.63, 3.8) is 0 Å². The first-order valence-corrected chi connectivity index (χ1v) is 9.24. The average molecular weight is 378 g/mol. The van der Waals surface area contributed by atoms with Gasteiger partial charge in [-0.05, 0) is 42.2 Å². The molecule has 2 aliphatic heterocycles. The summed E-state index contributed by atoms with van der Waals surface area (Å²) >= 11 is 0. The third-order valence-corrected chi connectivity index (χ3v) is 5.59. The number of ketones is 1. The fourth-order valence-corrected chi connectivity index (χ4v) is 4.18. The number of imide groups is 1. The Bertz CT molecular complexity index is 1020. The third kappa shape index (κ3) is 2.39. The molecule has 2 heterocycles. The zero-order chi connectivity index (χ0) is 19.3. The van der Waals surface area contributed by atoms with Gasteiger partial charge in [0, 0.05) is 5.56 Å². The number of nitrogens with one attached hydrogen (secondary N) is 1. The number of hydrogen-bond acceptors (Lipinski definition) is 5. The molecular weight excluding hydrogens is 360 g/mol. The molecule has 28 heavy (non-hydrogen) atoms. The minimum Gasteiger partial charge on any atom is -0.486 e. The Balaban J connectivity index is 1.40. The summed E-state index contributed by atoms with van der Waals surface area (Å²) in [5.41, 5.74) is 1.19. The number of ether oxygens (including phenoxy) is 2. The van der Waals surface area contributed by atoms with E-state index in [-0.39, 0.29) is 18.2 Å². The maximum Gasteiger partial charge on any atom is 0.325 e. The van der Waals surface area contributed by atoms with Gasteiger partial charge in [0.25, 0.3) is 5.91 Å². The first-order chi connectivity index (χ1) is 13.6. The van der Waals surface area contributed by atoms with E-state index >= 15 is 0 Å². The highest BCUT2D eigenvalue weighted by Gasteiger charge is 2.55. The van der Waals surface area contributed by atoms with Crippen molar-refractivity contribution in [3.8, 4) is 11.5 Å². The molecule has 1 atom stereocenters. The summed E-state index contributed by atoms with van der Waals surface area (Å²) in [4.78, 5) is 39.5. The molecule has 3 amide bonds. The molecule has 7 heteroatoms. The van der Waals surface area contributed by atoms with Crippen LogP contribution in [0.1, 0.15) is 27.9 Å². The lowest BCUT2D eigenvalue weighted by atomic mass is 9.92. The number of urea groups is 1. The molecule has 0 bridgehead atoms. The summed E-state index contributed by atoms with van der Waals surface area (Å²) in [5, 5.41) is 2.83. The molecule has 1 saturated heterocycles. The van der Waals surface area contributed by atoms with Crippen LogP contribution in [-0.4, -0.2) is 42.4 Å². The highest BCUT2D eigenvalue weighted by Crippen LogP contribution is 2.41. The van der Waals surface area contributed by atoms with Crippen LogP contribution in [0.15, 0.2) is 42.5 Å². The quantitative estimate of drug-likeness (QED) is 0.653. The van der Waals surface area contributed by atoms with Crippen LogP contribution in [0.5, 0.6) is 11.5 Å². The topological polar surface area (TPSA) is 84.9 Å². The van der Waals surface area contributed by atoms with Crippen molar-refractivity contribution in [1.82, 2.24) is 10.2 Å². The summed E-state index contributed by atoms with van der Waals surface area (Å²) < 4.78 is 11.0. The van der Waals surface area contributed by atoms with Crippen LogP contribution in [0.3, 0.4) is 0 Å². The van der Waals surface area contributed by atoms with E-state index in [0.29, 0.717) is 43.1 Å². The summed E-state index contributed by atoms with van der Waals surface area (Å²) in [6, 6.07) is 12.0. The number of fused-ring (bicyclic) bond motifs is 3. The number of amides is 3. The SMILES string of the molecule is O=C(CN1C(=O)N[C@@]2(CCc3ccccc32)C1=O)c1ccc2c(c1)OCCO2. The molecular formula is C21H18N2O5. The second-order valence-electron chi connectivity index (χ2n) is 7.17. The van der Waals surface area contributed by atoms with E-state index < -0.39 is 11.6 Å². The van der Waals surface area contributed by atoms with Crippen LogP contribution in [0, 0.1) is 0 Å². The molecule has 5 rings (SSSR count). The van der Waals surface area contributed by atoms with E-state index in [2.05, 4.69) is 5.32 Å². The van der Waals surface area contributed by atoms with Gasteiger partial charge in [0.05, 0.1) is 6.54 Å². The van der Waals surface area contributed by atoms with E-state index in [1.54, 1.807) is 18.2 Å². The number of Topliss-reactive ketones (excluding diaryl/α,β-unsaturated/α-hetero) is 1. The van der Waals surface area contributed by atoms with Gasteiger partial charge in [-0.25, -0.2) is 4.79 Å². The summed E-state index contributed by atoms with van der Waals surface area (Å²) in [6.07, 6.45) is 1.22. The van der Waals surface area contributed by atoms with Crippen LogP contribution >= 0.6 is 0 Å². The summed E-state index contributed by atoms with van der Waals surface area (Å²) in [7, 11) is 0. The predicted octanol–water partition coefficient (Wildman–Crippen LogP) is 2.03. The van der Waals surface area contributed by atoms with E-state index in [0.717, 1.165) is 16.0 Å². The lowest BCUT2D eigenvalue weighted by molar-refractivity contribution is -0.131. The predicted molar refractivity (Wildman–Crippen MR) is 98.4 cm³/mol. The lowest BCUT2D eigenvalue weighted by Gasteiger charge is -2.22. The Morgan fingerprint density at radius 1 is 1.07 bits per heavy atom. The van der Waals surface area contributed by atoms with E-state index in [9.17, 15) is 14.4 Å². The highest BCUT2D eigenvalue weighted by atomic mass is 16.6. The van der Waals surface area contributed by atoms with Gasteiger partial charge in [0.2, 0.25) is 0 Å². The van der Waals surface area contributed by atoms with Crippen molar-refractivity contribution < 1.29 is 23.9 Å². The van der Waals surface area contributed by atoms with Crippen molar-refractivity contribution >= 4 is 17.7 Å². The van der Waals surface area contributed by atoms with Crippen molar-refractivity contribution in [1.29, 1.82) is 0 Å². The number of benzene rings is 2. The molecule has 142 valence electrons. The van der Waals surface area contributed by atoms with E-state index in [1.807, 2.05) is 24.3 Å². The smallest absolute Gasteiger partial charge is 0.325 e. The monoisotopic (exact) mass is 378 g/mol. The number of carbonyl (C=O) groups is 3. The fourth-order valence-electron chi connectivity index (χ4n) is 4.18. The molecule has 2 aromatic rings. The Morgan fingerprint density at radius 3 is 2.71 bits per heavy atom. The zero-order valence-electron chi connectivity index (χ0n) is 15.1. The van der Waals surface area contributed by atoms with Gasteiger partial charge in [-0.2, -0.15) is 0 Å². The van der Waals surface area contributed by atoms with Gasteiger partial charge in [0.15, 0.2) is 17.3 Å². The second-order valence-corrected chi connectivity index (χ2v) is 7.17. The third-order valence-electron chi connectivity index (χ3n) is 5.59. The molecule has 1 aliphatic carbocycles. The molecule has 3 aliphatic rings. The molecule has 1 N–H and O–H groups in total. The van der Waals surface area contributed by atoms with E-state index in [1.165, 1.54) is 0 Å². The number of carbonyl (C=O) groups excluding carboxylic acids is 3. The second kappa shape index (κ2) is 6.09. The maximum absolute atomic E-state index is 13.1. The van der Waals surface area contributed by atoms with Gasteiger partial charge in [-0.15, -0.1) is 0 Å². The van der Waals surface area contributed by atoms with Crippen LogP contribution < -0.4 is 14.8 Å². The number of nitrogens with zero attached hydrogens (tertiary/aromatic N) is 1. The van der Waals surface area contributed by atoms with Crippen molar-refractivity contribution in [2.75, 3.05) is 19.8 Å². The van der Waals surface area contributed by atoms with Crippen molar-refractivity contribution in [2.24, 2.45) is 0 Å². The van der Waals surface area contributed by atoms with Crippen molar-refractivity contribution in [2.45, 2.75) is 18.4 Å². The Hall–Kier alpha value is -3.35. The van der Waals surface area contributed by atoms with Gasteiger partial charge in [-0.1, -0.05) is 24.3 Å². The molecule has 0 saturated carbocycles. The Labute approximate surface area is 161 Å². The van der Waals surface area contributed by atoms with Crippen LogP contribution in [0.4, 0.5) is 4.79 Å². The van der Waals surface area contributed by atoms with Crippen LogP contribution in [-0.2, 0) is 16.8 Å². The van der Waals surface area contributed by atoms with Crippen LogP contribution in [0.25, 0.3) is 0 Å². The summed E-state index contributed by atoms with van der Waals surface area (Å²) in [6.45, 7) is 0.570. The molecule has 7 nitrogen and oxygen atoms in total. The number of aryl methyl sites for hydroxylation is 1. The first kappa shape index (κ1) is 16.8. The average Bonchev–Trinajstić information content (AvgIpc) is 3.21. The lowest BCUT2D eigenvalue weighted by Crippen LogP contribution is -2.42. The maximum atomic E-state index is 13.1. The molecule has 0 radical (unpaired) electrons. The van der Waals surface area contributed by atoms with Crippen molar-refractivity contribution in [3.05, 3.63) is 59.2 Å². The van der Waals surface area contributed by atoms with Crippen LogP contribution in [0.2, 0.25) is 0 Å². The summed E-state index contributed by atoms with van der Waals surface area (Å²) in [5.74, 6) is 0.381. The van der Waals surface area contributed by atoms with Gasteiger partial charge < -0.3 is 14.8 Å². The fraction of sp³-hybridized carbons (Fsp3) is 0.286. The minimum atomic E-state index is -1.05. The minimum absolute atomic E-state index is 0.311. The highest BCUT2D eigenvalue weighted by molar-refractivity contribution is 6.12. The van der Waals surface area contributed by atoms with E-state index in [4.69, 9.17) is 9.47 Å². The Morgan fingerprint density at radius 2 is 1.86 bits per heavy atom. The molecule has 1 fully saturated rings. The normalized spacial score (nSPS) is 22.4. The molecule has 2 aromatic carbocycles. The van der Waals surface area contributed by atoms with Gasteiger partial charge in [0.1, 0.15) is 18.8 Å². The largest absolute Gasteiger partial charge is 0.486 e. The van der Waals surface area contributed by atoms with Gasteiger partial charge in [-0.3, -0.25) is 14.5 Å². The standard InChI is InChI=1S/C21H18N2O5/c24-16(14-5-6-17-18(11-14)28-10-9-27-17)12-23-19(25)21(22-20(23)26)8-7-13-3-1-2-4-15(13)21/h1-6,11H,7-10,12H2,(H,22,26)/t21-/m1/s1. The first-order valence-electron chi connectivity index (χ1n) is 9.24. The molecule has 0 aromatic heterocycles. The molecule has 0 unspecified atom stereocenters. The zero-order valence-corrected chi connectivity index (χ0v) is 15.1. The Kier molecular flexibility index (Phi) is 3.65. The molecule has 1 spiro atoms.